The number of aromatic nitrogens is 4. The van der Waals surface area contributed by atoms with Gasteiger partial charge in [-0.2, -0.15) is 5.21 Å². The molecule has 0 spiro atoms. The quantitative estimate of drug-likeness (QED) is 0.278. The molecule has 3 N–H and O–H groups in total. The number of hydrogen-bond acceptors (Lipinski definition) is 8. The largest absolute Gasteiger partial charge is 0.495 e. The number of amides is 3. The molecular weight excluding hydrogens is 546 g/mol. The van der Waals surface area contributed by atoms with Gasteiger partial charge in [-0.05, 0) is 64.2 Å². The van der Waals surface area contributed by atoms with Crippen molar-refractivity contribution < 1.29 is 22.7 Å². The van der Waals surface area contributed by atoms with Crippen LogP contribution < -0.4 is 20.3 Å². The predicted molar refractivity (Wildman–Crippen MR) is 155 cm³/mol. The lowest BCUT2D eigenvalue weighted by atomic mass is 9.87. The van der Waals surface area contributed by atoms with Crippen molar-refractivity contribution in [2.45, 2.75) is 37.6 Å². The molecule has 0 aliphatic heterocycles. The van der Waals surface area contributed by atoms with Gasteiger partial charge in [0.05, 0.1) is 13.7 Å². The zero-order chi connectivity index (χ0) is 29.8. The van der Waals surface area contributed by atoms with Gasteiger partial charge in [-0.1, -0.05) is 50.1 Å². The highest BCUT2D eigenvalue weighted by Gasteiger charge is 2.21. The number of aromatic amines is 1. The van der Waals surface area contributed by atoms with Crippen LogP contribution in [0.1, 0.15) is 42.3 Å². The molecule has 13 heteroatoms. The summed E-state index contributed by atoms with van der Waals surface area (Å²) in [6, 6.07) is 18.4. The molecule has 12 nitrogen and oxygen atoms in total. The summed E-state index contributed by atoms with van der Waals surface area (Å²) >= 11 is 0. The second-order valence-corrected chi connectivity index (χ2v) is 12.3. The number of hydrogen-bond donors (Lipinski definition) is 3. The van der Waals surface area contributed by atoms with Crippen LogP contribution in [-0.2, 0) is 21.8 Å². The standard InChI is InChI=1S/C28H31N7O5S/c1-28(2,3)20-10-13-22(14-11-20)35(27(37)29-21-12-15-23(40-4)24(16-21)41(5,38)39)17-18-6-8-19(9-7-18)25(36)30-26-31-33-34-32-26/h6-16H,17H2,1-5H3,(H,29,37)(H2,30,31,32,33,34,36). The molecule has 0 unspecified atom stereocenters. The average molecular weight is 578 g/mol. The smallest absolute Gasteiger partial charge is 0.326 e. The third kappa shape index (κ3) is 7.25. The molecule has 0 aliphatic rings. The molecule has 41 heavy (non-hydrogen) atoms. The molecule has 0 aliphatic carbocycles. The number of H-pyrrole nitrogens is 1. The number of carbonyl (C=O) groups is 2. The highest BCUT2D eigenvalue weighted by atomic mass is 32.2. The van der Waals surface area contributed by atoms with Gasteiger partial charge >= 0.3 is 6.03 Å². The van der Waals surface area contributed by atoms with Gasteiger partial charge in [-0.15, -0.1) is 5.10 Å². The molecule has 0 saturated carbocycles. The van der Waals surface area contributed by atoms with Crippen molar-refractivity contribution in [2.75, 3.05) is 28.9 Å². The SMILES string of the molecule is COc1ccc(NC(=O)N(Cc2ccc(C(=O)Nc3nn[nH]n3)cc2)c2ccc(C(C)(C)C)cc2)cc1S(C)(=O)=O. The summed E-state index contributed by atoms with van der Waals surface area (Å²) in [7, 11) is -2.23. The minimum atomic E-state index is -3.61. The first-order valence-electron chi connectivity index (χ1n) is 12.6. The number of nitrogens with zero attached hydrogens (tertiary/aromatic N) is 4. The van der Waals surface area contributed by atoms with Gasteiger partial charge in [0.2, 0.25) is 0 Å². The number of tetrazole rings is 1. The third-order valence-corrected chi connectivity index (χ3v) is 7.35. The summed E-state index contributed by atoms with van der Waals surface area (Å²) in [5.41, 5.74) is 3.08. The van der Waals surface area contributed by atoms with E-state index in [0.717, 1.165) is 17.4 Å². The summed E-state index contributed by atoms with van der Waals surface area (Å²) in [6.45, 7) is 6.48. The van der Waals surface area contributed by atoms with Crippen molar-refractivity contribution in [3.63, 3.8) is 0 Å². The van der Waals surface area contributed by atoms with Crippen molar-refractivity contribution in [1.29, 1.82) is 0 Å². The molecule has 1 aromatic heterocycles. The number of rotatable bonds is 8. The molecular formula is C28H31N7O5S. The van der Waals surface area contributed by atoms with Crippen LogP contribution in [0.2, 0.25) is 0 Å². The van der Waals surface area contributed by atoms with Crippen LogP contribution in [-0.4, -0.2) is 54.3 Å². The fraction of sp³-hybridized carbons (Fsp3) is 0.250. The topological polar surface area (TPSA) is 159 Å². The first kappa shape index (κ1) is 29.2. The van der Waals surface area contributed by atoms with Crippen molar-refractivity contribution in [2.24, 2.45) is 0 Å². The van der Waals surface area contributed by atoms with Gasteiger partial charge in [0.25, 0.3) is 11.9 Å². The van der Waals surface area contributed by atoms with Gasteiger partial charge in [0.15, 0.2) is 9.84 Å². The van der Waals surface area contributed by atoms with E-state index in [2.05, 4.69) is 52.0 Å². The van der Waals surface area contributed by atoms with E-state index in [4.69, 9.17) is 4.74 Å². The Hall–Kier alpha value is -4.78. The molecule has 1 heterocycles. The summed E-state index contributed by atoms with van der Waals surface area (Å²) in [5.74, 6) is -0.173. The lowest BCUT2D eigenvalue weighted by Crippen LogP contribution is -2.34. The van der Waals surface area contributed by atoms with E-state index in [1.54, 1.807) is 30.3 Å². The van der Waals surface area contributed by atoms with E-state index in [-0.39, 0.29) is 28.6 Å². The molecule has 3 amide bonds. The third-order valence-electron chi connectivity index (χ3n) is 6.23. The summed E-state index contributed by atoms with van der Waals surface area (Å²) in [5, 5.41) is 18.4. The van der Waals surface area contributed by atoms with Crippen LogP contribution in [0.5, 0.6) is 5.75 Å². The number of urea groups is 1. The highest BCUT2D eigenvalue weighted by Crippen LogP contribution is 2.29. The van der Waals surface area contributed by atoms with Gasteiger partial charge in [0, 0.05) is 23.2 Å². The maximum absolute atomic E-state index is 13.6. The molecule has 3 aromatic carbocycles. The van der Waals surface area contributed by atoms with Crippen LogP contribution in [0.3, 0.4) is 0 Å². The number of ether oxygens (including phenoxy) is 1. The molecule has 4 rings (SSSR count). The summed E-state index contributed by atoms with van der Waals surface area (Å²) in [4.78, 5) is 27.6. The van der Waals surface area contributed by atoms with Crippen molar-refractivity contribution in [3.8, 4) is 5.75 Å². The van der Waals surface area contributed by atoms with E-state index < -0.39 is 21.8 Å². The van der Waals surface area contributed by atoms with Crippen molar-refractivity contribution in [1.82, 2.24) is 20.6 Å². The van der Waals surface area contributed by atoms with E-state index in [1.165, 1.54) is 24.1 Å². The Bertz CT molecular complexity index is 1630. The monoisotopic (exact) mass is 577 g/mol. The normalized spacial score (nSPS) is 11.5. The first-order chi connectivity index (χ1) is 19.3. The highest BCUT2D eigenvalue weighted by molar-refractivity contribution is 7.90. The van der Waals surface area contributed by atoms with Gasteiger partial charge in [-0.3, -0.25) is 15.0 Å². The van der Waals surface area contributed by atoms with Crippen LogP contribution in [0.15, 0.2) is 71.6 Å². The van der Waals surface area contributed by atoms with E-state index in [9.17, 15) is 18.0 Å². The van der Waals surface area contributed by atoms with Crippen LogP contribution in [0.4, 0.5) is 22.1 Å². The number of nitrogens with one attached hydrogen (secondary N) is 3. The van der Waals surface area contributed by atoms with E-state index in [1.807, 2.05) is 24.3 Å². The Morgan fingerprint density at radius 3 is 2.22 bits per heavy atom. The second kappa shape index (κ2) is 11.8. The zero-order valence-corrected chi connectivity index (χ0v) is 24.1. The molecule has 0 bridgehead atoms. The predicted octanol–water partition coefficient (Wildman–Crippen LogP) is 4.40. The maximum atomic E-state index is 13.6. The second-order valence-electron chi connectivity index (χ2n) is 10.3. The number of sulfone groups is 1. The fourth-order valence-electron chi connectivity index (χ4n) is 3.99. The average Bonchev–Trinajstić information content (AvgIpc) is 3.44. The number of methoxy groups -OCH3 is 1. The van der Waals surface area contributed by atoms with Crippen LogP contribution in [0, 0.1) is 0 Å². The van der Waals surface area contributed by atoms with Gasteiger partial charge in [0.1, 0.15) is 10.6 Å². The Morgan fingerprint density at radius 1 is 0.976 bits per heavy atom. The van der Waals surface area contributed by atoms with E-state index >= 15 is 0 Å². The summed E-state index contributed by atoms with van der Waals surface area (Å²) in [6.07, 6.45) is 1.08. The fourth-order valence-corrected chi connectivity index (χ4v) is 4.85. The minimum Gasteiger partial charge on any atom is -0.495 e. The Balaban J connectivity index is 1.61. The zero-order valence-electron chi connectivity index (χ0n) is 23.3. The molecule has 214 valence electrons. The van der Waals surface area contributed by atoms with Gasteiger partial charge in [-0.25, -0.2) is 13.2 Å². The minimum absolute atomic E-state index is 0.0337. The van der Waals surface area contributed by atoms with E-state index in [0.29, 0.717) is 16.9 Å². The number of anilines is 3. The van der Waals surface area contributed by atoms with Crippen molar-refractivity contribution >= 4 is 39.1 Å². The van der Waals surface area contributed by atoms with Crippen LogP contribution >= 0.6 is 0 Å². The Kier molecular flexibility index (Phi) is 8.38. The van der Waals surface area contributed by atoms with Crippen LogP contribution in [0.25, 0.3) is 0 Å². The molecule has 0 saturated heterocycles. The van der Waals surface area contributed by atoms with Gasteiger partial charge < -0.3 is 10.1 Å². The van der Waals surface area contributed by atoms with Crippen molar-refractivity contribution in [3.05, 3.63) is 83.4 Å². The molecule has 4 aromatic rings. The molecule has 0 fully saturated rings. The first-order valence-corrected chi connectivity index (χ1v) is 14.4. The molecule has 0 radical (unpaired) electrons. The Morgan fingerprint density at radius 2 is 1.66 bits per heavy atom. The lowest BCUT2D eigenvalue weighted by molar-refractivity contribution is 0.102. The lowest BCUT2D eigenvalue weighted by Gasteiger charge is -2.25. The maximum Gasteiger partial charge on any atom is 0.326 e. The Labute approximate surface area is 238 Å². The number of carbonyl (C=O) groups excluding carboxylic acids is 2. The number of benzene rings is 3. The molecule has 0 atom stereocenters. The summed E-state index contributed by atoms with van der Waals surface area (Å²) < 4.78 is 29.7.